The van der Waals surface area contributed by atoms with E-state index in [0.717, 1.165) is 55.7 Å². The van der Waals surface area contributed by atoms with Gasteiger partial charge in [0.2, 0.25) is 0 Å². The topological polar surface area (TPSA) is 70.4 Å². The molecule has 0 saturated carbocycles. The Morgan fingerprint density at radius 3 is 2.53 bits per heavy atom. The number of fused-ring (bicyclic) bond motifs is 1. The summed E-state index contributed by atoms with van der Waals surface area (Å²) in [7, 11) is 0. The van der Waals surface area contributed by atoms with Gasteiger partial charge in [0, 0.05) is 30.8 Å². The molecule has 1 amide bonds. The summed E-state index contributed by atoms with van der Waals surface area (Å²) in [5, 5.41) is 17.2. The summed E-state index contributed by atoms with van der Waals surface area (Å²) in [6.45, 7) is 5.06. The van der Waals surface area contributed by atoms with E-state index in [-0.39, 0.29) is 18.6 Å². The van der Waals surface area contributed by atoms with Crippen LogP contribution in [0.4, 0.5) is 0 Å². The van der Waals surface area contributed by atoms with E-state index < -0.39 is 0 Å². The second kappa shape index (κ2) is 10.6. The minimum absolute atomic E-state index is 0.0103. The van der Waals surface area contributed by atoms with E-state index in [0.29, 0.717) is 12.2 Å². The van der Waals surface area contributed by atoms with Crippen molar-refractivity contribution < 1.29 is 9.90 Å². The second-order valence-electron chi connectivity index (χ2n) is 8.44. The Morgan fingerprint density at radius 2 is 1.81 bits per heavy atom. The Kier molecular flexibility index (Phi) is 7.35. The normalized spacial score (nSPS) is 14.7. The number of carbonyl (C=O) groups is 1. The van der Waals surface area contributed by atoms with Crippen LogP contribution in [0.15, 0.2) is 60.7 Å². The summed E-state index contributed by atoms with van der Waals surface area (Å²) >= 11 is 0. The summed E-state index contributed by atoms with van der Waals surface area (Å²) in [6.07, 6.45) is 2.97. The van der Waals surface area contributed by atoms with Crippen LogP contribution in [0.3, 0.4) is 0 Å². The summed E-state index contributed by atoms with van der Waals surface area (Å²) in [5.41, 5.74) is 4.99. The Balaban J connectivity index is 1.45. The molecule has 3 aromatic rings. The van der Waals surface area contributed by atoms with Crippen LogP contribution in [0, 0.1) is 0 Å². The fourth-order valence-corrected chi connectivity index (χ4v) is 4.44. The molecule has 0 fully saturated rings. The maximum absolute atomic E-state index is 13.2. The number of aromatic nitrogens is 2. The Hall–Kier alpha value is -2.96. The van der Waals surface area contributed by atoms with Crippen molar-refractivity contribution in [2.24, 2.45) is 0 Å². The van der Waals surface area contributed by atoms with Crippen LogP contribution < -0.4 is 5.32 Å². The molecular weight excluding hydrogens is 400 g/mol. The van der Waals surface area contributed by atoms with Gasteiger partial charge in [-0.3, -0.25) is 14.4 Å². The van der Waals surface area contributed by atoms with Crippen molar-refractivity contribution in [1.82, 2.24) is 20.0 Å². The van der Waals surface area contributed by atoms with Crippen LogP contribution in [0.1, 0.15) is 52.3 Å². The molecule has 0 radical (unpaired) electrons. The standard InChI is InChI=1S/C26H32N4O2/c1-20(22-12-6-3-7-13-22)27-26(32)25-23-19-29(15-8-11-21-9-4-2-5-10-21)16-14-24(23)30(28-25)17-18-31/h2-7,9-10,12-13,20,31H,8,11,14-19H2,1H3,(H,27,32). The van der Waals surface area contributed by atoms with Gasteiger partial charge in [-0.25, -0.2) is 0 Å². The molecule has 168 valence electrons. The van der Waals surface area contributed by atoms with E-state index in [2.05, 4.69) is 39.6 Å². The second-order valence-corrected chi connectivity index (χ2v) is 8.44. The van der Waals surface area contributed by atoms with Crippen LogP contribution in [0.2, 0.25) is 0 Å². The van der Waals surface area contributed by atoms with Crippen molar-refractivity contribution in [3.05, 3.63) is 88.7 Å². The zero-order valence-electron chi connectivity index (χ0n) is 18.7. The van der Waals surface area contributed by atoms with Gasteiger partial charge in [-0.1, -0.05) is 60.7 Å². The first kappa shape index (κ1) is 22.2. The molecule has 1 unspecified atom stereocenters. The Labute approximate surface area is 189 Å². The van der Waals surface area contributed by atoms with E-state index in [9.17, 15) is 9.90 Å². The van der Waals surface area contributed by atoms with Crippen molar-refractivity contribution >= 4 is 5.91 Å². The van der Waals surface area contributed by atoms with Gasteiger partial charge in [0.15, 0.2) is 5.69 Å². The average molecular weight is 433 g/mol. The third-order valence-corrected chi connectivity index (χ3v) is 6.17. The molecule has 2 aromatic carbocycles. The molecule has 0 spiro atoms. The molecule has 1 aromatic heterocycles. The molecule has 1 aliphatic rings. The molecule has 6 heteroatoms. The fourth-order valence-electron chi connectivity index (χ4n) is 4.44. The maximum atomic E-state index is 13.2. The Morgan fingerprint density at radius 1 is 1.09 bits per heavy atom. The van der Waals surface area contributed by atoms with Crippen molar-refractivity contribution in [3.8, 4) is 0 Å². The monoisotopic (exact) mass is 432 g/mol. The number of nitrogens with zero attached hydrogens (tertiary/aromatic N) is 3. The highest BCUT2D eigenvalue weighted by Crippen LogP contribution is 2.24. The SMILES string of the molecule is CC(NC(=O)c1nn(CCO)c2c1CN(CCCc1ccccc1)CC2)c1ccccc1. The van der Waals surface area contributed by atoms with Gasteiger partial charge >= 0.3 is 0 Å². The molecule has 6 nitrogen and oxygen atoms in total. The number of nitrogens with one attached hydrogen (secondary N) is 1. The molecule has 1 atom stereocenters. The van der Waals surface area contributed by atoms with Crippen LogP contribution >= 0.6 is 0 Å². The molecule has 0 bridgehead atoms. The third kappa shape index (κ3) is 5.26. The summed E-state index contributed by atoms with van der Waals surface area (Å²) < 4.78 is 1.82. The summed E-state index contributed by atoms with van der Waals surface area (Å²) in [4.78, 5) is 15.6. The highest BCUT2D eigenvalue weighted by atomic mass is 16.3. The lowest BCUT2D eigenvalue weighted by molar-refractivity contribution is 0.0931. The van der Waals surface area contributed by atoms with E-state index in [1.54, 1.807) is 0 Å². The first-order valence-corrected chi connectivity index (χ1v) is 11.5. The predicted molar refractivity (Wildman–Crippen MR) is 125 cm³/mol. The minimum Gasteiger partial charge on any atom is -0.394 e. The lowest BCUT2D eigenvalue weighted by Gasteiger charge is -2.27. The Bertz CT molecular complexity index is 1020. The quantitative estimate of drug-likeness (QED) is 0.544. The van der Waals surface area contributed by atoms with Gasteiger partial charge in [-0.2, -0.15) is 5.10 Å². The fraction of sp³-hybridized carbons (Fsp3) is 0.385. The smallest absolute Gasteiger partial charge is 0.272 e. The number of benzene rings is 2. The molecule has 0 aliphatic carbocycles. The van der Waals surface area contributed by atoms with Gasteiger partial charge in [0.25, 0.3) is 5.91 Å². The number of carbonyl (C=O) groups excluding carboxylic acids is 1. The first-order valence-electron chi connectivity index (χ1n) is 11.5. The average Bonchev–Trinajstić information content (AvgIpc) is 3.18. The number of rotatable bonds is 9. The van der Waals surface area contributed by atoms with Crippen LogP contribution in [-0.4, -0.2) is 45.4 Å². The van der Waals surface area contributed by atoms with Gasteiger partial charge in [-0.15, -0.1) is 0 Å². The number of hydrogen-bond donors (Lipinski definition) is 2. The number of aliphatic hydroxyl groups is 1. The number of hydrogen-bond acceptors (Lipinski definition) is 4. The van der Waals surface area contributed by atoms with E-state index in [1.807, 2.05) is 48.0 Å². The minimum atomic E-state index is -0.152. The van der Waals surface area contributed by atoms with Crippen LogP contribution in [0.5, 0.6) is 0 Å². The van der Waals surface area contributed by atoms with Crippen molar-refractivity contribution in [2.75, 3.05) is 19.7 Å². The molecule has 4 rings (SSSR count). The largest absolute Gasteiger partial charge is 0.394 e. The molecule has 1 aliphatic heterocycles. The number of amides is 1. The van der Waals surface area contributed by atoms with Gasteiger partial charge in [-0.05, 0) is 37.4 Å². The molecule has 0 saturated heterocycles. The highest BCUT2D eigenvalue weighted by Gasteiger charge is 2.28. The zero-order valence-corrected chi connectivity index (χ0v) is 18.7. The maximum Gasteiger partial charge on any atom is 0.272 e. The van der Waals surface area contributed by atoms with Crippen molar-refractivity contribution in [1.29, 1.82) is 0 Å². The van der Waals surface area contributed by atoms with Crippen molar-refractivity contribution in [3.63, 3.8) is 0 Å². The first-order chi connectivity index (χ1) is 15.7. The van der Waals surface area contributed by atoms with Gasteiger partial charge < -0.3 is 10.4 Å². The summed E-state index contributed by atoms with van der Waals surface area (Å²) in [5.74, 6) is -0.152. The zero-order chi connectivity index (χ0) is 22.3. The number of aryl methyl sites for hydroxylation is 1. The third-order valence-electron chi connectivity index (χ3n) is 6.17. The van der Waals surface area contributed by atoms with Crippen LogP contribution in [-0.2, 0) is 25.9 Å². The molecular formula is C26H32N4O2. The van der Waals surface area contributed by atoms with Gasteiger partial charge in [0.05, 0.1) is 19.2 Å². The number of aliphatic hydroxyl groups excluding tert-OH is 1. The van der Waals surface area contributed by atoms with Crippen LogP contribution in [0.25, 0.3) is 0 Å². The predicted octanol–water partition coefficient (Wildman–Crippen LogP) is 3.36. The molecule has 2 heterocycles. The highest BCUT2D eigenvalue weighted by molar-refractivity contribution is 5.94. The lowest BCUT2D eigenvalue weighted by atomic mass is 10.0. The molecule has 32 heavy (non-hydrogen) atoms. The van der Waals surface area contributed by atoms with E-state index in [1.165, 1.54) is 5.56 Å². The molecule has 2 N–H and O–H groups in total. The lowest BCUT2D eigenvalue weighted by Crippen LogP contribution is -2.34. The van der Waals surface area contributed by atoms with E-state index >= 15 is 0 Å². The van der Waals surface area contributed by atoms with Crippen molar-refractivity contribution in [2.45, 2.75) is 45.3 Å². The summed E-state index contributed by atoms with van der Waals surface area (Å²) in [6, 6.07) is 20.4. The van der Waals surface area contributed by atoms with Gasteiger partial charge in [0.1, 0.15) is 0 Å². The van der Waals surface area contributed by atoms with E-state index in [4.69, 9.17) is 0 Å².